The van der Waals surface area contributed by atoms with Gasteiger partial charge in [0.05, 0.1) is 26.2 Å². The van der Waals surface area contributed by atoms with Crippen LogP contribution in [0.3, 0.4) is 0 Å². The van der Waals surface area contributed by atoms with Crippen LogP contribution >= 0.6 is 0 Å². The zero-order chi connectivity index (χ0) is 14.0. The van der Waals surface area contributed by atoms with E-state index in [9.17, 15) is 14.9 Å². The SMILES string of the molecule is CCCCCC(C#N)(CC(=O)OC)C(=O)OCC. The van der Waals surface area contributed by atoms with E-state index in [0.29, 0.717) is 12.8 Å². The van der Waals surface area contributed by atoms with Crippen molar-refractivity contribution >= 4 is 11.9 Å². The Morgan fingerprint density at radius 1 is 1.28 bits per heavy atom. The van der Waals surface area contributed by atoms with Gasteiger partial charge in [0, 0.05) is 0 Å². The average Bonchev–Trinajstić information content (AvgIpc) is 2.37. The van der Waals surface area contributed by atoms with Crippen LogP contribution < -0.4 is 0 Å². The number of unbranched alkanes of at least 4 members (excludes halogenated alkanes) is 2. The number of esters is 2. The summed E-state index contributed by atoms with van der Waals surface area (Å²) in [7, 11) is 1.24. The van der Waals surface area contributed by atoms with Crippen molar-refractivity contribution in [2.24, 2.45) is 5.41 Å². The second-order valence-corrected chi connectivity index (χ2v) is 4.12. The third kappa shape index (κ3) is 4.74. The Morgan fingerprint density at radius 3 is 2.39 bits per heavy atom. The Hall–Kier alpha value is -1.57. The first-order valence-electron chi connectivity index (χ1n) is 6.21. The first kappa shape index (κ1) is 16.4. The van der Waals surface area contributed by atoms with Crippen LogP contribution in [0.25, 0.3) is 0 Å². The largest absolute Gasteiger partial charge is 0.469 e. The van der Waals surface area contributed by atoms with E-state index in [1.165, 1.54) is 7.11 Å². The molecule has 18 heavy (non-hydrogen) atoms. The maximum atomic E-state index is 11.9. The van der Waals surface area contributed by atoms with Gasteiger partial charge in [0.1, 0.15) is 0 Å². The molecular formula is C13H21NO4. The minimum absolute atomic E-state index is 0.192. The van der Waals surface area contributed by atoms with Gasteiger partial charge in [-0.25, -0.2) is 0 Å². The van der Waals surface area contributed by atoms with Gasteiger partial charge in [-0.05, 0) is 13.3 Å². The molecule has 0 rings (SSSR count). The minimum atomic E-state index is -1.40. The summed E-state index contributed by atoms with van der Waals surface area (Å²) in [6.07, 6.45) is 2.67. The van der Waals surface area contributed by atoms with E-state index in [1.807, 2.05) is 13.0 Å². The lowest BCUT2D eigenvalue weighted by atomic mass is 9.81. The van der Waals surface area contributed by atoms with Gasteiger partial charge in [-0.3, -0.25) is 9.59 Å². The second-order valence-electron chi connectivity index (χ2n) is 4.12. The molecular weight excluding hydrogens is 234 g/mol. The fourth-order valence-electron chi connectivity index (χ4n) is 1.67. The van der Waals surface area contributed by atoms with Crippen LogP contribution in [0.5, 0.6) is 0 Å². The quantitative estimate of drug-likeness (QED) is 0.491. The highest BCUT2D eigenvalue weighted by atomic mass is 16.5. The molecule has 5 heteroatoms. The molecule has 5 nitrogen and oxygen atoms in total. The predicted octanol–water partition coefficient (Wildman–Crippen LogP) is 2.20. The van der Waals surface area contributed by atoms with E-state index >= 15 is 0 Å². The molecule has 0 radical (unpaired) electrons. The molecule has 0 aliphatic rings. The summed E-state index contributed by atoms with van der Waals surface area (Å²) in [6.45, 7) is 3.89. The number of nitrogens with zero attached hydrogens (tertiary/aromatic N) is 1. The first-order chi connectivity index (χ1) is 8.56. The highest BCUT2D eigenvalue weighted by Crippen LogP contribution is 2.31. The smallest absolute Gasteiger partial charge is 0.327 e. The predicted molar refractivity (Wildman–Crippen MR) is 65.5 cm³/mol. The number of hydrogen-bond acceptors (Lipinski definition) is 5. The van der Waals surface area contributed by atoms with Gasteiger partial charge >= 0.3 is 11.9 Å². The Bertz CT molecular complexity index is 321. The summed E-state index contributed by atoms with van der Waals surface area (Å²) in [6, 6.07) is 1.95. The van der Waals surface area contributed by atoms with Crippen LogP contribution in [0, 0.1) is 16.7 Å². The van der Waals surface area contributed by atoms with Gasteiger partial charge in [0.15, 0.2) is 5.41 Å². The van der Waals surface area contributed by atoms with Crippen LogP contribution in [-0.2, 0) is 19.1 Å². The number of carbonyl (C=O) groups excluding carboxylic acids is 2. The summed E-state index contributed by atoms with van der Waals surface area (Å²) in [5.74, 6) is -1.20. The lowest BCUT2D eigenvalue weighted by Gasteiger charge is -2.23. The number of nitriles is 1. The Kier molecular flexibility index (Phi) is 7.77. The van der Waals surface area contributed by atoms with E-state index in [4.69, 9.17) is 4.74 Å². The van der Waals surface area contributed by atoms with Gasteiger partial charge in [0.2, 0.25) is 0 Å². The molecule has 0 saturated heterocycles. The molecule has 0 aliphatic heterocycles. The molecule has 0 saturated carbocycles. The van der Waals surface area contributed by atoms with Crippen molar-refractivity contribution in [1.82, 2.24) is 0 Å². The van der Waals surface area contributed by atoms with Crippen LogP contribution in [0.1, 0.15) is 46.0 Å². The van der Waals surface area contributed by atoms with E-state index in [0.717, 1.165) is 12.8 Å². The number of ether oxygens (including phenoxy) is 2. The summed E-state index contributed by atoms with van der Waals surface area (Å²) in [5, 5.41) is 9.26. The number of hydrogen-bond donors (Lipinski definition) is 0. The maximum Gasteiger partial charge on any atom is 0.327 e. The van der Waals surface area contributed by atoms with E-state index in [1.54, 1.807) is 6.92 Å². The van der Waals surface area contributed by atoms with Crippen molar-refractivity contribution in [2.75, 3.05) is 13.7 Å². The number of carbonyl (C=O) groups is 2. The number of rotatable bonds is 8. The monoisotopic (exact) mass is 255 g/mol. The standard InChI is InChI=1S/C13H21NO4/c1-4-6-7-8-13(10-14,9-11(15)17-3)12(16)18-5-2/h4-9H2,1-3H3. The molecule has 0 fully saturated rings. The maximum absolute atomic E-state index is 11.9. The molecule has 0 aromatic rings. The fourth-order valence-corrected chi connectivity index (χ4v) is 1.67. The molecule has 0 N–H and O–H groups in total. The molecule has 0 spiro atoms. The minimum Gasteiger partial charge on any atom is -0.469 e. The van der Waals surface area contributed by atoms with Gasteiger partial charge in [-0.2, -0.15) is 5.26 Å². The lowest BCUT2D eigenvalue weighted by molar-refractivity contribution is -0.158. The average molecular weight is 255 g/mol. The molecule has 0 bridgehead atoms. The topological polar surface area (TPSA) is 76.4 Å². The highest BCUT2D eigenvalue weighted by molar-refractivity contribution is 5.86. The van der Waals surface area contributed by atoms with Gasteiger partial charge in [-0.15, -0.1) is 0 Å². The van der Waals surface area contributed by atoms with Crippen molar-refractivity contribution in [1.29, 1.82) is 5.26 Å². The van der Waals surface area contributed by atoms with E-state index in [-0.39, 0.29) is 13.0 Å². The van der Waals surface area contributed by atoms with Gasteiger partial charge < -0.3 is 9.47 Å². The van der Waals surface area contributed by atoms with Crippen molar-refractivity contribution in [2.45, 2.75) is 46.0 Å². The molecule has 0 heterocycles. The molecule has 0 aromatic carbocycles. The second kappa shape index (κ2) is 8.51. The molecule has 0 aliphatic carbocycles. The molecule has 1 unspecified atom stereocenters. The molecule has 1 atom stereocenters. The van der Waals surface area contributed by atoms with E-state index in [2.05, 4.69) is 4.74 Å². The Morgan fingerprint density at radius 2 is 1.94 bits per heavy atom. The number of methoxy groups -OCH3 is 1. The summed E-state index contributed by atoms with van der Waals surface area (Å²) in [5.41, 5.74) is -1.40. The lowest BCUT2D eigenvalue weighted by Crippen LogP contribution is -2.34. The van der Waals surface area contributed by atoms with Crippen molar-refractivity contribution in [3.63, 3.8) is 0 Å². The van der Waals surface area contributed by atoms with Crippen molar-refractivity contribution in [3.8, 4) is 6.07 Å². The van der Waals surface area contributed by atoms with Crippen LogP contribution in [0.2, 0.25) is 0 Å². The van der Waals surface area contributed by atoms with E-state index < -0.39 is 17.4 Å². The molecule has 102 valence electrons. The Balaban J connectivity index is 4.89. The van der Waals surface area contributed by atoms with Crippen molar-refractivity contribution < 1.29 is 19.1 Å². The summed E-state index contributed by atoms with van der Waals surface area (Å²) < 4.78 is 9.45. The Labute approximate surface area is 108 Å². The highest BCUT2D eigenvalue weighted by Gasteiger charge is 2.42. The normalized spacial score (nSPS) is 13.2. The summed E-state index contributed by atoms with van der Waals surface area (Å²) in [4.78, 5) is 23.2. The van der Waals surface area contributed by atoms with Gasteiger partial charge in [-0.1, -0.05) is 26.2 Å². The fraction of sp³-hybridized carbons (Fsp3) is 0.769. The molecule has 0 amide bonds. The zero-order valence-corrected chi connectivity index (χ0v) is 11.3. The van der Waals surface area contributed by atoms with Crippen molar-refractivity contribution in [3.05, 3.63) is 0 Å². The van der Waals surface area contributed by atoms with Crippen LogP contribution in [-0.4, -0.2) is 25.7 Å². The third-order valence-corrected chi connectivity index (χ3v) is 2.76. The zero-order valence-electron chi connectivity index (χ0n) is 11.3. The third-order valence-electron chi connectivity index (χ3n) is 2.76. The first-order valence-corrected chi connectivity index (χ1v) is 6.21. The van der Waals surface area contributed by atoms with Crippen LogP contribution in [0.4, 0.5) is 0 Å². The summed E-state index contributed by atoms with van der Waals surface area (Å²) >= 11 is 0. The molecule has 0 aromatic heterocycles. The van der Waals surface area contributed by atoms with Crippen LogP contribution in [0.15, 0.2) is 0 Å². The van der Waals surface area contributed by atoms with Gasteiger partial charge in [0.25, 0.3) is 0 Å².